The van der Waals surface area contributed by atoms with E-state index in [1.165, 1.54) is 0 Å². The largest absolute Gasteiger partial charge is 0.340 e. The zero-order valence-corrected chi connectivity index (χ0v) is 13.7. The van der Waals surface area contributed by atoms with Gasteiger partial charge in [0, 0.05) is 11.4 Å². The van der Waals surface area contributed by atoms with E-state index in [2.05, 4.69) is 45.9 Å². The smallest absolute Gasteiger partial charge is 0.0927 e. The molecule has 2 unspecified atom stereocenters. The molecule has 0 aliphatic carbocycles. The lowest BCUT2D eigenvalue weighted by molar-refractivity contribution is 0.671. The number of benzene rings is 2. The molecule has 0 bridgehead atoms. The summed E-state index contributed by atoms with van der Waals surface area (Å²) in [6.07, 6.45) is 11.4. The minimum absolute atomic E-state index is 0.0337. The van der Waals surface area contributed by atoms with Crippen LogP contribution in [0.2, 0.25) is 0 Å². The summed E-state index contributed by atoms with van der Waals surface area (Å²) in [7, 11) is 0. The van der Waals surface area contributed by atoms with Gasteiger partial charge in [0.05, 0.1) is 18.8 Å². The second-order valence-corrected chi connectivity index (χ2v) is 5.44. The Bertz CT molecular complexity index is 618. The normalized spacial score (nSPS) is 12.5. The van der Waals surface area contributed by atoms with Crippen molar-refractivity contribution in [3.05, 3.63) is 60.7 Å². The van der Waals surface area contributed by atoms with Crippen LogP contribution in [0.25, 0.3) is 0 Å². The predicted molar refractivity (Wildman–Crippen MR) is 99.3 cm³/mol. The van der Waals surface area contributed by atoms with E-state index in [4.69, 9.17) is 12.8 Å². The first kappa shape index (κ1) is 16.5. The van der Waals surface area contributed by atoms with Crippen molar-refractivity contribution in [3.8, 4) is 24.7 Å². The zero-order valence-electron chi connectivity index (χ0n) is 13.7. The topological polar surface area (TPSA) is 6.48 Å². The summed E-state index contributed by atoms with van der Waals surface area (Å²) in [5, 5.41) is 0. The summed E-state index contributed by atoms with van der Waals surface area (Å²) in [6.45, 7) is 4.68. The van der Waals surface area contributed by atoms with Gasteiger partial charge in [-0.25, -0.2) is 0 Å². The van der Waals surface area contributed by atoms with E-state index in [-0.39, 0.29) is 12.1 Å². The number of terminal acetylenes is 2. The van der Waals surface area contributed by atoms with Crippen molar-refractivity contribution in [2.75, 3.05) is 16.5 Å². The van der Waals surface area contributed by atoms with E-state index in [0.717, 1.165) is 11.4 Å². The van der Waals surface area contributed by atoms with Gasteiger partial charge in [-0.05, 0) is 38.1 Å². The molecule has 0 saturated heterocycles. The van der Waals surface area contributed by atoms with Crippen LogP contribution in [0.5, 0.6) is 0 Å². The van der Waals surface area contributed by atoms with Crippen molar-refractivity contribution in [2.45, 2.75) is 25.9 Å². The Labute approximate surface area is 139 Å². The van der Waals surface area contributed by atoms with Crippen LogP contribution < -0.4 is 9.80 Å². The van der Waals surface area contributed by atoms with Gasteiger partial charge < -0.3 is 9.80 Å². The molecule has 116 valence electrons. The minimum Gasteiger partial charge on any atom is -0.340 e. The molecular formula is C21H22N2. The fourth-order valence-electron chi connectivity index (χ4n) is 2.44. The maximum Gasteiger partial charge on any atom is 0.0927 e. The molecule has 0 N–H and O–H groups in total. The third-order valence-corrected chi connectivity index (χ3v) is 3.90. The molecule has 0 aliphatic rings. The SMILES string of the molecule is C#CC(C)N(CN(c1ccccc1)C(C)C#C)c1ccccc1. The molecule has 0 radical (unpaired) electrons. The van der Waals surface area contributed by atoms with E-state index >= 15 is 0 Å². The van der Waals surface area contributed by atoms with Crippen LogP contribution in [0.15, 0.2) is 60.7 Å². The van der Waals surface area contributed by atoms with Crippen LogP contribution in [0, 0.1) is 24.7 Å². The van der Waals surface area contributed by atoms with Gasteiger partial charge in [-0.2, -0.15) is 0 Å². The Morgan fingerprint density at radius 2 is 1.09 bits per heavy atom. The van der Waals surface area contributed by atoms with Gasteiger partial charge in [0.25, 0.3) is 0 Å². The summed E-state index contributed by atoms with van der Waals surface area (Å²) in [6, 6.07) is 20.3. The molecule has 0 fully saturated rings. The Balaban J connectivity index is 2.35. The lowest BCUT2D eigenvalue weighted by atomic mass is 10.2. The maximum absolute atomic E-state index is 5.68. The van der Waals surface area contributed by atoms with Gasteiger partial charge in [-0.3, -0.25) is 0 Å². The molecule has 0 heterocycles. The van der Waals surface area contributed by atoms with Crippen LogP contribution in [0.4, 0.5) is 11.4 Å². The molecule has 2 rings (SSSR count). The van der Waals surface area contributed by atoms with Gasteiger partial charge in [0.15, 0.2) is 0 Å². The molecule has 2 aromatic rings. The first-order chi connectivity index (χ1) is 11.2. The Morgan fingerprint density at radius 1 is 0.739 bits per heavy atom. The van der Waals surface area contributed by atoms with Crippen LogP contribution in [0.3, 0.4) is 0 Å². The maximum atomic E-state index is 5.68. The molecule has 2 nitrogen and oxygen atoms in total. The number of para-hydroxylation sites is 2. The van der Waals surface area contributed by atoms with Crippen molar-refractivity contribution in [1.29, 1.82) is 0 Å². The highest BCUT2D eigenvalue weighted by Gasteiger charge is 2.19. The number of rotatable bonds is 6. The van der Waals surface area contributed by atoms with E-state index in [9.17, 15) is 0 Å². The Kier molecular flexibility index (Phi) is 5.73. The third-order valence-electron chi connectivity index (χ3n) is 3.90. The fourth-order valence-corrected chi connectivity index (χ4v) is 2.44. The van der Waals surface area contributed by atoms with E-state index in [0.29, 0.717) is 6.67 Å². The summed E-state index contributed by atoms with van der Waals surface area (Å²) in [5.41, 5.74) is 2.17. The van der Waals surface area contributed by atoms with Crippen molar-refractivity contribution < 1.29 is 0 Å². The average Bonchev–Trinajstić information content (AvgIpc) is 2.63. The van der Waals surface area contributed by atoms with E-state index < -0.39 is 0 Å². The van der Waals surface area contributed by atoms with E-state index in [1.807, 2.05) is 50.2 Å². The van der Waals surface area contributed by atoms with Gasteiger partial charge in [0.2, 0.25) is 0 Å². The second-order valence-electron chi connectivity index (χ2n) is 5.44. The summed E-state index contributed by atoms with van der Waals surface area (Å²) in [5.74, 6) is 5.65. The number of hydrogen-bond acceptors (Lipinski definition) is 2. The van der Waals surface area contributed by atoms with Crippen LogP contribution >= 0.6 is 0 Å². The lowest BCUT2D eigenvalue weighted by Crippen LogP contribution is -2.46. The molecule has 0 aliphatic heterocycles. The highest BCUT2D eigenvalue weighted by molar-refractivity contribution is 5.54. The molecule has 0 aromatic heterocycles. The third kappa shape index (κ3) is 4.09. The monoisotopic (exact) mass is 302 g/mol. The number of hydrogen-bond donors (Lipinski definition) is 0. The molecule has 2 heteroatoms. The molecule has 2 atom stereocenters. The minimum atomic E-state index is -0.0337. The highest BCUT2D eigenvalue weighted by Crippen LogP contribution is 2.22. The van der Waals surface area contributed by atoms with Crippen molar-refractivity contribution >= 4 is 11.4 Å². The van der Waals surface area contributed by atoms with Crippen LogP contribution in [0.1, 0.15) is 13.8 Å². The number of anilines is 2. The van der Waals surface area contributed by atoms with Gasteiger partial charge >= 0.3 is 0 Å². The van der Waals surface area contributed by atoms with Crippen LogP contribution in [-0.4, -0.2) is 18.8 Å². The van der Waals surface area contributed by atoms with Crippen molar-refractivity contribution in [2.24, 2.45) is 0 Å². The first-order valence-corrected chi connectivity index (χ1v) is 7.73. The second kappa shape index (κ2) is 7.97. The molecule has 0 spiro atoms. The zero-order chi connectivity index (χ0) is 16.7. The van der Waals surface area contributed by atoms with Gasteiger partial charge in [-0.15, -0.1) is 12.8 Å². The lowest BCUT2D eigenvalue weighted by Gasteiger charge is -2.37. The molecule has 0 amide bonds. The fraction of sp³-hybridized carbons (Fsp3) is 0.238. The van der Waals surface area contributed by atoms with Crippen LogP contribution in [-0.2, 0) is 0 Å². The molecule has 23 heavy (non-hydrogen) atoms. The Hall–Kier alpha value is -2.84. The van der Waals surface area contributed by atoms with Crippen molar-refractivity contribution in [1.82, 2.24) is 0 Å². The standard InChI is InChI=1S/C21H22N2/c1-5-18(3)22(20-13-9-7-10-14-20)17-23(19(4)6-2)21-15-11-8-12-16-21/h1-2,7-16,18-19H,17H2,3-4H3. The average molecular weight is 302 g/mol. The Morgan fingerprint density at radius 3 is 1.39 bits per heavy atom. The van der Waals surface area contributed by atoms with Crippen molar-refractivity contribution in [3.63, 3.8) is 0 Å². The first-order valence-electron chi connectivity index (χ1n) is 7.73. The summed E-state index contributed by atoms with van der Waals surface area (Å²) >= 11 is 0. The van der Waals surface area contributed by atoms with E-state index in [1.54, 1.807) is 0 Å². The predicted octanol–water partition coefficient (Wildman–Crippen LogP) is 4.00. The highest BCUT2D eigenvalue weighted by atomic mass is 15.3. The van der Waals surface area contributed by atoms with Gasteiger partial charge in [0.1, 0.15) is 0 Å². The summed E-state index contributed by atoms with van der Waals surface area (Å²) < 4.78 is 0. The van der Waals surface area contributed by atoms with Gasteiger partial charge in [-0.1, -0.05) is 48.2 Å². The molecule has 0 saturated carbocycles. The molecular weight excluding hydrogens is 280 g/mol. The quantitative estimate of drug-likeness (QED) is 0.588. The molecule has 2 aromatic carbocycles. The number of nitrogens with zero attached hydrogens (tertiary/aromatic N) is 2. The summed E-state index contributed by atoms with van der Waals surface area (Å²) in [4.78, 5) is 4.36.